The number of rotatable bonds is 3. The molecular formula is C13H22N4OS. The topological polar surface area (TPSA) is 66.0 Å². The van der Waals surface area contributed by atoms with Crippen molar-refractivity contribution < 1.29 is 4.79 Å². The second-order valence-electron chi connectivity index (χ2n) is 5.81. The number of carbonyl (C=O) groups excluding carboxylic acids is 1. The zero-order chi connectivity index (χ0) is 14.0. The molecule has 1 aliphatic heterocycles. The van der Waals surface area contributed by atoms with E-state index in [1.165, 1.54) is 0 Å². The monoisotopic (exact) mass is 282 g/mol. The highest BCUT2D eigenvalue weighted by atomic mass is 32.1. The maximum absolute atomic E-state index is 12.0. The van der Waals surface area contributed by atoms with Crippen LogP contribution in [0.3, 0.4) is 0 Å². The third-order valence-electron chi connectivity index (χ3n) is 3.54. The molecule has 1 atom stereocenters. The highest BCUT2D eigenvalue weighted by Gasteiger charge is 2.35. The molecular weight excluding hydrogens is 260 g/mol. The van der Waals surface area contributed by atoms with Gasteiger partial charge in [0.2, 0.25) is 0 Å². The third kappa shape index (κ3) is 3.25. The first-order valence-electron chi connectivity index (χ1n) is 6.66. The fraction of sp³-hybridized carbons (Fsp3) is 0.692. The van der Waals surface area contributed by atoms with E-state index in [4.69, 9.17) is 0 Å². The van der Waals surface area contributed by atoms with Crippen LogP contribution >= 0.6 is 11.3 Å². The molecule has 1 aliphatic rings. The van der Waals surface area contributed by atoms with E-state index < -0.39 is 0 Å². The van der Waals surface area contributed by atoms with Crippen LogP contribution in [0, 0.1) is 0 Å². The fourth-order valence-electron chi connectivity index (χ4n) is 2.34. The lowest BCUT2D eigenvalue weighted by Gasteiger charge is -2.27. The highest BCUT2D eigenvalue weighted by Crippen LogP contribution is 2.27. The van der Waals surface area contributed by atoms with Gasteiger partial charge in [-0.1, -0.05) is 13.8 Å². The molecule has 1 saturated heterocycles. The molecule has 3 N–H and O–H groups in total. The molecule has 106 valence electrons. The van der Waals surface area contributed by atoms with Crippen LogP contribution in [-0.2, 0) is 0 Å². The van der Waals surface area contributed by atoms with Crippen LogP contribution < -0.4 is 16.0 Å². The number of hydrogen-bond acceptors (Lipinski definition) is 4. The van der Waals surface area contributed by atoms with Gasteiger partial charge in [-0.05, 0) is 32.7 Å². The fourth-order valence-corrected chi connectivity index (χ4v) is 3.10. The van der Waals surface area contributed by atoms with Crippen molar-refractivity contribution in [1.29, 1.82) is 0 Å². The first kappa shape index (κ1) is 14.3. The molecule has 1 unspecified atom stereocenters. The van der Waals surface area contributed by atoms with Gasteiger partial charge in [-0.25, -0.2) is 9.78 Å². The van der Waals surface area contributed by atoms with Crippen molar-refractivity contribution in [3.8, 4) is 0 Å². The van der Waals surface area contributed by atoms with Gasteiger partial charge in [-0.15, -0.1) is 11.3 Å². The summed E-state index contributed by atoms with van der Waals surface area (Å²) in [5.41, 5.74) is 1.71. The Morgan fingerprint density at radius 1 is 1.58 bits per heavy atom. The highest BCUT2D eigenvalue weighted by molar-refractivity contribution is 7.10. The number of thiazole rings is 1. The quantitative estimate of drug-likeness (QED) is 0.798. The minimum atomic E-state index is -0.172. The van der Waals surface area contributed by atoms with Gasteiger partial charge in [-0.3, -0.25) is 5.32 Å². The number of anilines is 1. The molecule has 5 nitrogen and oxygen atoms in total. The average Bonchev–Trinajstić information content (AvgIpc) is 2.86. The largest absolute Gasteiger partial charge is 0.333 e. The Bertz CT molecular complexity index is 455. The molecule has 1 fully saturated rings. The number of amides is 2. The van der Waals surface area contributed by atoms with Crippen molar-refractivity contribution in [2.75, 3.05) is 11.9 Å². The number of nitrogens with zero attached hydrogens (tertiary/aromatic N) is 1. The van der Waals surface area contributed by atoms with Crippen LogP contribution in [0.2, 0.25) is 0 Å². The summed E-state index contributed by atoms with van der Waals surface area (Å²) in [6, 6.07) is -0.0248. The van der Waals surface area contributed by atoms with Crippen molar-refractivity contribution in [2.24, 2.45) is 0 Å². The minimum Gasteiger partial charge on any atom is -0.333 e. The number of carbonyl (C=O) groups is 1. The molecule has 6 heteroatoms. The molecule has 19 heavy (non-hydrogen) atoms. The lowest BCUT2D eigenvalue weighted by Crippen LogP contribution is -2.51. The van der Waals surface area contributed by atoms with Crippen LogP contribution in [0.4, 0.5) is 10.6 Å². The Balaban J connectivity index is 1.96. The van der Waals surface area contributed by atoms with Crippen molar-refractivity contribution in [3.63, 3.8) is 0 Å². The molecule has 1 aromatic heterocycles. The van der Waals surface area contributed by atoms with Crippen LogP contribution in [0.15, 0.2) is 5.51 Å². The summed E-state index contributed by atoms with van der Waals surface area (Å²) in [7, 11) is 0. The van der Waals surface area contributed by atoms with Crippen LogP contribution in [0.25, 0.3) is 0 Å². The van der Waals surface area contributed by atoms with Gasteiger partial charge >= 0.3 is 6.03 Å². The van der Waals surface area contributed by atoms with Crippen LogP contribution in [-0.4, -0.2) is 29.1 Å². The summed E-state index contributed by atoms with van der Waals surface area (Å²) >= 11 is 1.58. The molecule has 2 amide bonds. The minimum absolute atomic E-state index is 0.0553. The van der Waals surface area contributed by atoms with E-state index in [0.717, 1.165) is 17.8 Å². The van der Waals surface area contributed by atoms with Crippen molar-refractivity contribution in [1.82, 2.24) is 15.6 Å². The van der Waals surface area contributed by atoms with Crippen molar-refractivity contribution >= 4 is 23.2 Å². The number of nitrogens with one attached hydrogen (secondary N) is 3. The van der Waals surface area contributed by atoms with E-state index in [1.807, 2.05) is 0 Å². The first-order chi connectivity index (χ1) is 8.90. The predicted octanol–water partition coefficient (Wildman–Crippen LogP) is 2.53. The van der Waals surface area contributed by atoms with E-state index in [2.05, 4.69) is 48.6 Å². The van der Waals surface area contributed by atoms with E-state index in [0.29, 0.717) is 11.7 Å². The van der Waals surface area contributed by atoms with Crippen LogP contribution in [0.1, 0.15) is 44.9 Å². The smallest absolute Gasteiger partial charge is 0.320 e. The van der Waals surface area contributed by atoms with Gasteiger partial charge in [0.05, 0.1) is 10.4 Å². The number of hydrogen-bond donors (Lipinski definition) is 3. The Hall–Kier alpha value is -1.14. The number of aromatic nitrogens is 1. The van der Waals surface area contributed by atoms with E-state index in [1.54, 1.807) is 16.8 Å². The number of urea groups is 1. The van der Waals surface area contributed by atoms with E-state index >= 15 is 0 Å². The summed E-state index contributed by atoms with van der Waals surface area (Å²) in [5.74, 6) is 1.05. The molecule has 2 heterocycles. The lowest BCUT2D eigenvalue weighted by molar-refractivity contribution is 0.242. The summed E-state index contributed by atoms with van der Waals surface area (Å²) in [6.45, 7) is 9.34. The molecule has 0 saturated carbocycles. The molecule has 0 aliphatic carbocycles. The van der Waals surface area contributed by atoms with Gasteiger partial charge in [0.15, 0.2) is 0 Å². The second-order valence-corrected chi connectivity index (χ2v) is 6.69. The molecule has 1 aromatic rings. The van der Waals surface area contributed by atoms with Gasteiger partial charge in [-0.2, -0.15) is 0 Å². The molecule has 0 aromatic carbocycles. The van der Waals surface area contributed by atoms with Crippen LogP contribution in [0.5, 0.6) is 0 Å². The van der Waals surface area contributed by atoms with Gasteiger partial charge < -0.3 is 10.6 Å². The Labute approximate surface area is 118 Å². The molecule has 0 radical (unpaired) electrons. The first-order valence-corrected chi connectivity index (χ1v) is 7.54. The molecule has 2 rings (SSSR count). The lowest BCUT2D eigenvalue weighted by atomic mass is 9.97. The van der Waals surface area contributed by atoms with Gasteiger partial charge in [0, 0.05) is 11.6 Å². The van der Waals surface area contributed by atoms with E-state index in [9.17, 15) is 4.79 Å². The Morgan fingerprint density at radius 2 is 2.32 bits per heavy atom. The maximum atomic E-state index is 12.0. The van der Waals surface area contributed by atoms with Gasteiger partial charge in [0.1, 0.15) is 5.82 Å². The zero-order valence-electron chi connectivity index (χ0n) is 11.9. The predicted molar refractivity (Wildman–Crippen MR) is 78.8 cm³/mol. The third-order valence-corrected chi connectivity index (χ3v) is 4.67. The van der Waals surface area contributed by atoms with Crippen molar-refractivity contribution in [2.45, 2.75) is 51.6 Å². The zero-order valence-corrected chi connectivity index (χ0v) is 12.7. The normalized spacial score (nSPS) is 21.6. The summed E-state index contributed by atoms with van der Waals surface area (Å²) < 4.78 is 0. The van der Waals surface area contributed by atoms with Gasteiger partial charge in [0.25, 0.3) is 0 Å². The van der Waals surface area contributed by atoms with E-state index in [-0.39, 0.29) is 17.6 Å². The molecule has 0 bridgehead atoms. The standard InChI is InChI=1S/C13H22N4OS/c1-8(2)10-11(14-7-19-10)17-12(18)16-9-5-6-15-13(9,3)4/h7-9,15H,5-6H2,1-4H3,(H2,16,17,18). The SMILES string of the molecule is CC(C)c1scnc1NC(=O)NC1CCNC1(C)C. The Morgan fingerprint density at radius 3 is 2.89 bits per heavy atom. The second kappa shape index (κ2) is 5.46. The summed E-state index contributed by atoms with van der Waals surface area (Å²) in [6.07, 6.45) is 0.953. The summed E-state index contributed by atoms with van der Waals surface area (Å²) in [4.78, 5) is 17.4. The maximum Gasteiger partial charge on any atom is 0.320 e. The summed E-state index contributed by atoms with van der Waals surface area (Å²) in [5, 5.41) is 9.27. The average molecular weight is 282 g/mol. The Kier molecular flexibility index (Phi) is 4.10. The van der Waals surface area contributed by atoms with Crippen molar-refractivity contribution in [3.05, 3.63) is 10.4 Å². The molecule has 0 spiro atoms.